The molecule has 0 aliphatic carbocycles. The highest BCUT2D eigenvalue weighted by Gasteiger charge is 2.39. The number of likely N-dealkylation sites (tertiary alicyclic amines) is 1. The maximum Gasteiger partial charge on any atom is 0.326 e. The number of aliphatic carboxylic acids is 2. The summed E-state index contributed by atoms with van der Waals surface area (Å²) in [4.78, 5) is 63.5. The zero-order chi connectivity index (χ0) is 29.2. The lowest BCUT2D eigenvalue weighted by molar-refractivity contribution is -0.145. The number of carbonyl (C=O) groups is 5. The van der Waals surface area contributed by atoms with Crippen LogP contribution in [0.25, 0.3) is 0 Å². The van der Waals surface area contributed by atoms with Crippen LogP contribution in [-0.2, 0) is 36.8 Å². The first-order chi connectivity index (χ1) is 19.0. The lowest BCUT2D eigenvalue weighted by atomic mass is 10.0. The Labute approximate surface area is 231 Å². The number of carboxylic acids is 2. The number of nitrogens with zero attached hydrogens (tertiary/aromatic N) is 1. The minimum atomic E-state index is -1.43. The third kappa shape index (κ3) is 8.53. The van der Waals surface area contributed by atoms with E-state index in [2.05, 4.69) is 10.6 Å². The third-order valence-corrected chi connectivity index (χ3v) is 6.73. The Morgan fingerprint density at radius 3 is 2.17 bits per heavy atom. The van der Waals surface area contributed by atoms with Gasteiger partial charge in [-0.05, 0) is 48.9 Å². The van der Waals surface area contributed by atoms with E-state index in [9.17, 15) is 34.2 Å². The van der Waals surface area contributed by atoms with Crippen LogP contribution in [0.2, 0.25) is 0 Å². The second-order valence-electron chi connectivity index (χ2n) is 9.75. The number of benzene rings is 2. The summed E-state index contributed by atoms with van der Waals surface area (Å²) in [6.45, 7) is 0.210. The highest BCUT2D eigenvalue weighted by Crippen LogP contribution is 2.21. The molecule has 12 nitrogen and oxygen atoms in total. The fourth-order valence-corrected chi connectivity index (χ4v) is 4.60. The van der Waals surface area contributed by atoms with E-state index in [-0.39, 0.29) is 38.0 Å². The summed E-state index contributed by atoms with van der Waals surface area (Å²) in [5, 5.41) is 33.0. The van der Waals surface area contributed by atoms with Crippen LogP contribution in [0.4, 0.5) is 0 Å². The number of rotatable bonds is 13. The molecule has 1 saturated heterocycles. The minimum Gasteiger partial charge on any atom is -0.508 e. The first kappa shape index (κ1) is 30.1. The van der Waals surface area contributed by atoms with E-state index in [1.54, 1.807) is 12.1 Å². The monoisotopic (exact) mass is 554 g/mol. The maximum absolute atomic E-state index is 13.7. The Morgan fingerprint density at radius 2 is 1.55 bits per heavy atom. The molecule has 0 aromatic heterocycles. The molecule has 0 radical (unpaired) electrons. The standard InChI is InChI=1S/C28H34N4O8/c29-20(15-17-5-2-1-3-6-17)25(36)31-22(16-18-8-10-19(33)11-9-18)27(38)32-14-4-7-23(32)26(37)30-21(28(39)40)12-13-24(34)35/h1-3,5-6,8-11,20-23,33H,4,7,12-16,29H2,(H,30,37)(H,31,36)(H,34,35)(H,39,40). The molecule has 0 spiro atoms. The number of nitrogens with one attached hydrogen (secondary N) is 2. The Bertz CT molecular complexity index is 1200. The number of nitrogens with two attached hydrogens (primary N) is 1. The van der Waals surface area contributed by atoms with Gasteiger partial charge in [0.05, 0.1) is 6.04 Å². The summed E-state index contributed by atoms with van der Waals surface area (Å²) >= 11 is 0. The van der Waals surface area contributed by atoms with Crippen molar-refractivity contribution in [3.63, 3.8) is 0 Å². The molecule has 7 N–H and O–H groups in total. The van der Waals surface area contributed by atoms with E-state index in [1.807, 2.05) is 30.3 Å². The summed E-state index contributed by atoms with van der Waals surface area (Å²) in [6, 6.07) is 10.8. The van der Waals surface area contributed by atoms with Crippen LogP contribution in [-0.4, -0.2) is 80.6 Å². The number of hydrogen-bond acceptors (Lipinski definition) is 7. The van der Waals surface area contributed by atoms with Crippen molar-refractivity contribution in [3.05, 3.63) is 65.7 Å². The topological polar surface area (TPSA) is 199 Å². The van der Waals surface area contributed by atoms with Gasteiger partial charge >= 0.3 is 11.9 Å². The van der Waals surface area contributed by atoms with Gasteiger partial charge in [0.1, 0.15) is 23.9 Å². The minimum absolute atomic E-state index is 0.0349. The van der Waals surface area contributed by atoms with Crippen LogP contribution in [0, 0.1) is 0 Å². The van der Waals surface area contributed by atoms with Gasteiger partial charge in [0.15, 0.2) is 0 Å². The summed E-state index contributed by atoms with van der Waals surface area (Å²) < 4.78 is 0. The van der Waals surface area contributed by atoms with Gasteiger partial charge in [-0.1, -0.05) is 42.5 Å². The van der Waals surface area contributed by atoms with Gasteiger partial charge in [0.2, 0.25) is 17.7 Å². The molecule has 40 heavy (non-hydrogen) atoms. The van der Waals surface area contributed by atoms with Gasteiger partial charge in [-0.3, -0.25) is 19.2 Å². The molecule has 4 atom stereocenters. The normalized spacial score (nSPS) is 16.9. The Morgan fingerprint density at radius 1 is 0.900 bits per heavy atom. The second kappa shape index (κ2) is 14.1. The van der Waals surface area contributed by atoms with Crippen molar-refractivity contribution in [2.45, 2.75) is 62.7 Å². The number of aromatic hydroxyl groups is 1. The lowest BCUT2D eigenvalue weighted by Gasteiger charge is -2.30. The smallest absolute Gasteiger partial charge is 0.326 e. The Hall–Kier alpha value is -4.45. The number of phenolic OH excluding ortho intramolecular Hbond substituents is 1. The van der Waals surface area contributed by atoms with Gasteiger partial charge in [0.25, 0.3) is 0 Å². The third-order valence-electron chi connectivity index (χ3n) is 6.73. The fraction of sp³-hybridized carbons (Fsp3) is 0.393. The highest BCUT2D eigenvalue weighted by atomic mass is 16.4. The number of amides is 3. The van der Waals surface area contributed by atoms with Crippen molar-refractivity contribution in [1.29, 1.82) is 0 Å². The molecule has 1 fully saturated rings. The lowest BCUT2D eigenvalue weighted by Crippen LogP contribution is -2.57. The van der Waals surface area contributed by atoms with Crippen LogP contribution >= 0.6 is 0 Å². The summed E-state index contributed by atoms with van der Waals surface area (Å²) in [6.07, 6.45) is 0.295. The molecule has 3 amide bonds. The molecular weight excluding hydrogens is 520 g/mol. The van der Waals surface area contributed by atoms with Crippen LogP contribution in [0.5, 0.6) is 5.75 Å². The van der Waals surface area contributed by atoms with E-state index < -0.39 is 60.2 Å². The zero-order valence-electron chi connectivity index (χ0n) is 21.9. The van der Waals surface area contributed by atoms with Gasteiger partial charge in [-0.2, -0.15) is 0 Å². The van der Waals surface area contributed by atoms with Crippen molar-refractivity contribution in [1.82, 2.24) is 15.5 Å². The molecule has 0 saturated carbocycles. The fourth-order valence-electron chi connectivity index (χ4n) is 4.60. The first-order valence-electron chi connectivity index (χ1n) is 13.0. The van der Waals surface area contributed by atoms with E-state index in [0.717, 1.165) is 5.56 Å². The number of carboxylic acid groups (broad SMARTS) is 2. The molecule has 2 aromatic carbocycles. The quantitative estimate of drug-likeness (QED) is 0.203. The van der Waals surface area contributed by atoms with Crippen LogP contribution < -0.4 is 16.4 Å². The van der Waals surface area contributed by atoms with Crippen molar-refractivity contribution in [2.75, 3.05) is 6.54 Å². The van der Waals surface area contributed by atoms with Gasteiger partial charge in [-0.25, -0.2) is 4.79 Å². The number of phenols is 1. The molecule has 2 aromatic rings. The molecule has 3 rings (SSSR count). The average molecular weight is 555 g/mol. The van der Waals surface area contributed by atoms with Gasteiger partial charge < -0.3 is 36.6 Å². The highest BCUT2D eigenvalue weighted by molar-refractivity contribution is 5.94. The molecule has 0 bridgehead atoms. The first-order valence-corrected chi connectivity index (χ1v) is 13.0. The second-order valence-corrected chi connectivity index (χ2v) is 9.75. The molecule has 1 aliphatic rings. The molecular formula is C28H34N4O8. The zero-order valence-corrected chi connectivity index (χ0v) is 21.9. The molecule has 214 valence electrons. The number of carbonyl (C=O) groups excluding carboxylic acids is 3. The average Bonchev–Trinajstić information content (AvgIpc) is 3.42. The SMILES string of the molecule is NC(Cc1ccccc1)C(=O)NC(Cc1ccc(O)cc1)C(=O)N1CCCC1C(=O)NC(CCC(=O)O)C(=O)O. The Balaban J connectivity index is 1.76. The molecule has 4 unspecified atom stereocenters. The summed E-state index contributed by atoms with van der Waals surface area (Å²) in [7, 11) is 0. The van der Waals surface area contributed by atoms with E-state index in [0.29, 0.717) is 12.0 Å². The molecule has 1 aliphatic heterocycles. The van der Waals surface area contributed by atoms with Crippen molar-refractivity contribution in [2.24, 2.45) is 5.73 Å². The molecule has 1 heterocycles. The largest absolute Gasteiger partial charge is 0.508 e. The Kier molecular flexibility index (Phi) is 10.6. The summed E-state index contributed by atoms with van der Waals surface area (Å²) in [5.74, 6) is -4.34. The summed E-state index contributed by atoms with van der Waals surface area (Å²) in [5.41, 5.74) is 7.63. The van der Waals surface area contributed by atoms with Crippen LogP contribution in [0.15, 0.2) is 54.6 Å². The van der Waals surface area contributed by atoms with Crippen molar-refractivity contribution < 1.29 is 39.3 Å². The maximum atomic E-state index is 13.7. The number of hydrogen-bond donors (Lipinski definition) is 6. The van der Waals surface area contributed by atoms with Gasteiger partial charge in [0, 0.05) is 19.4 Å². The van der Waals surface area contributed by atoms with E-state index >= 15 is 0 Å². The predicted molar refractivity (Wildman–Crippen MR) is 143 cm³/mol. The van der Waals surface area contributed by atoms with Crippen molar-refractivity contribution >= 4 is 29.7 Å². The van der Waals surface area contributed by atoms with E-state index in [1.165, 1.54) is 17.0 Å². The molecule has 12 heteroatoms. The van der Waals surface area contributed by atoms with Gasteiger partial charge in [-0.15, -0.1) is 0 Å². The van der Waals surface area contributed by atoms with Crippen LogP contribution in [0.3, 0.4) is 0 Å². The predicted octanol–water partition coefficient (Wildman–Crippen LogP) is 0.415. The van der Waals surface area contributed by atoms with Crippen LogP contribution in [0.1, 0.15) is 36.8 Å². The van der Waals surface area contributed by atoms with E-state index in [4.69, 9.17) is 10.8 Å². The van der Waals surface area contributed by atoms with Crippen molar-refractivity contribution in [3.8, 4) is 5.75 Å².